The van der Waals surface area contributed by atoms with Crippen LogP contribution in [0.5, 0.6) is 6.01 Å². The van der Waals surface area contributed by atoms with Crippen molar-refractivity contribution in [1.82, 2.24) is 14.5 Å². The van der Waals surface area contributed by atoms with Crippen LogP contribution in [0.25, 0.3) is 0 Å². The molecule has 1 atom stereocenters. The van der Waals surface area contributed by atoms with Crippen LogP contribution in [-0.2, 0) is 16.2 Å². The number of allylic oxidation sites excluding steroid dienone is 7. The molecule has 0 aromatic carbocycles. The molecule has 0 radical (unpaired) electrons. The van der Waals surface area contributed by atoms with Gasteiger partial charge in [0.2, 0.25) is 0 Å². The minimum absolute atomic E-state index is 0.193. The van der Waals surface area contributed by atoms with Crippen LogP contribution in [0, 0.1) is 0 Å². The van der Waals surface area contributed by atoms with E-state index in [4.69, 9.17) is 10.6 Å². The van der Waals surface area contributed by atoms with E-state index in [-0.39, 0.29) is 30.4 Å². The van der Waals surface area contributed by atoms with Crippen LogP contribution in [0.2, 0.25) is 0 Å². The van der Waals surface area contributed by atoms with E-state index in [1.165, 1.54) is 11.9 Å². The molecule has 0 spiro atoms. The van der Waals surface area contributed by atoms with Crippen molar-refractivity contribution < 1.29 is 24.3 Å². The van der Waals surface area contributed by atoms with Crippen LogP contribution < -0.4 is 16.0 Å². The molecule has 10 nitrogen and oxygen atoms in total. The van der Waals surface area contributed by atoms with Crippen LogP contribution in [0.3, 0.4) is 0 Å². The quantitative estimate of drug-likeness (QED) is 0.509. The molecule has 2 aliphatic carbocycles. The Morgan fingerprint density at radius 1 is 1.45 bits per heavy atom. The summed E-state index contributed by atoms with van der Waals surface area (Å²) in [4.78, 5) is 34.9. The second-order valence-electron chi connectivity index (χ2n) is 7.90. The summed E-state index contributed by atoms with van der Waals surface area (Å²) in [5.74, 6) is 4.20. The molecule has 1 aromatic rings. The smallest absolute Gasteiger partial charge is 0.344 e. The van der Waals surface area contributed by atoms with Crippen LogP contribution in [0.4, 0.5) is 5.82 Å². The number of nitrogens with one attached hydrogen (secondary N) is 1. The Morgan fingerprint density at radius 2 is 2.21 bits per heavy atom. The van der Waals surface area contributed by atoms with Crippen LogP contribution >= 0.6 is 0 Å². The van der Waals surface area contributed by atoms with Crippen molar-refractivity contribution in [2.24, 2.45) is 5.90 Å². The number of aromatic nitrogens is 2. The number of carbonyl (C=O) groups is 2. The van der Waals surface area contributed by atoms with Gasteiger partial charge < -0.3 is 24.9 Å². The Balaban J connectivity index is 2.02. The molecule has 4 N–H and O–H groups in total. The summed E-state index contributed by atoms with van der Waals surface area (Å²) in [6.07, 6.45) is 9.69. The molecule has 0 saturated heterocycles. The third-order valence-electron chi connectivity index (χ3n) is 5.36. The number of aliphatic hydroxyl groups excluding tert-OH is 1. The summed E-state index contributed by atoms with van der Waals surface area (Å²) in [6.45, 7) is 5.97. The number of ether oxygens (including phenoxy) is 1. The van der Waals surface area contributed by atoms with Crippen LogP contribution in [0.15, 0.2) is 59.4 Å². The van der Waals surface area contributed by atoms with Gasteiger partial charge in [0.05, 0.1) is 12.3 Å². The first kappa shape index (κ1) is 23.9. The molecule has 0 bridgehead atoms. The molecule has 2 aliphatic rings. The van der Waals surface area contributed by atoms with E-state index in [0.29, 0.717) is 18.8 Å². The predicted molar refractivity (Wildman–Crippen MR) is 123 cm³/mol. The number of aliphatic hydroxyl groups is 1. The number of nitrogens with zero attached hydrogens (tertiary/aromatic N) is 3. The van der Waals surface area contributed by atoms with E-state index in [9.17, 15) is 14.7 Å². The van der Waals surface area contributed by atoms with Gasteiger partial charge in [-0.25, -0.2) is 4.79 Å². The number of nitrogens with two attached hydrogens (primary N) is 1. The van der Waals surface area contributed by atoms with Gasteiger partial charge >= 0.3 is 5.97 Å². The van der Waals surface area contributed by atoms with Crippen molar-refractivity contribution >= 4 is 17.7 Å². The number of likely N-dealkylation sites (N-methyl/N-ethyl adjacent to an activating group) is 1. The number of hydrogen-bond acceptors (Lipinski definition) is 8. The lowest BCUT2D eigenvalue weighted by Gasteiger charge is -2.22. The topological polar surface area (TPSA) is 132 Å². The summed E-state index contributed by atoms with van der Waals surface area (Å²) in [5.41, 5.74) is 3.23. The fraction of sp³-hybridized carbons (Fsp3) is 0.348. The van der Waals surface area contributed by atoms with Gasteiger partial charge in [-0.3, -0.25) is 9.36 Å². The Labute approximate surface area is 192 Å². The number of rotatable bonds is 8. The van der Waals surface area contributed by atoms with Crippen molar-refractivity contribution in [3.05, 3.63) is 65.1 Å². The number of anilines is 1. The first-order valence-corrected chi connectivity index (χ1v) is 10.4. The summed E-state index contributed by atoms with van der Waals surface area (Å²) in [6, 6.07) is 0.208. The Kier molecular flexibility index (Phi) is 7.39. The first-order valence-electron chi connectivity index (χ1n) is 10.4. The highest BCUT2D eigenvalue weighted by Gasteiger charge is 2.29. The van der Waals surface area contributed by atoms with Crippen LogP contribution in [0.1, 0.15) is 30.3 Å². The van der Waals surface area contributed by atoms with Gasteiger partial charge in [-0.15, -0.1) is 0 Å². The molecule has 33 heavy (non-hydrogen) atoms. The van der Waals surface area contributed by atoms with E-state index in [1.807, 2.05) is 13.0 Å². The second-order valence-corrected chi connectivity index (χ2v) is 7.90. The zero-order valence-electron chi connectivity index (χ0n) is 19.0. The second kappa shape index (κ2) is 10.2. The monoisotopic (exact) mass is 455 g/mol. The van der Waals surface area contributed by atoms with E-state index >= 15 is 0 Å². The molecule has 0 saturated carbocycles. The molecule has 0 aliphatic heterocycles. The number of hydrogen-bond donors (Lipinski definition) is 3. The van der Waals surface area contributed by atoms with E-state index in [2.05, 4.69) is 27.8 Å². The molecular formula is C23H29N5O5. The van der Waals surface area contributed by atoms with Gasteiger partial charge in [0.15, 0.2) is 11.5 Å². The average Bonchev–Trinajstić information content (AvgIpc) is 3.11. The molecule has 1 heterocycles. The molecule has 10 heteroatoms. The maximum atomic E-state index is 13.3. The zero-order chi connectivity index (χ0) is 24.1. The number of imidazole rings is 1. The molecule has 3 rings (SSSR count). The Bertz CT molecular complexity index is 1080. The number of amides is 1. The zero-order valence-corrected chi connectivity index (χ0v) is 19.0. The number of carbonyl (C=O) groups excluding carboxylic acids is 2. The highest BCUT2D eigenvalue weighted by molar-refractivity contribution is 5.99. The third-order valence-corrected chi connectivity index (χ3v) is 5.36. The lowest BCUT2D eigenvalue weighted by Crippen LogP contribution is -2.35. The van der Waals surface area contributed by atoms with Gasteiger partial charge in [0.1, 0.15) is 12.6 Å². The van der Waals surface area contributed by atoms with Gasteiger partial charge in [-0.05, 0) is 36.6 Å². The van der Waals surface area contributed by atoms with Crippen molar-refractivity contribution in [2.45, 2.75) is 32.4 Å². The Morgan fingerprint density at radius 3 is 2.85 bits per heavy atom. The molecule has 176 valence electrons. The van der Waals surface area contributed by atoms with Crippen molar-refractivity contribution in [1.29, 1.82) is 0 Å². The van der Waals surface area contributed by atoms with Crippen molar-refractivity contribution in [3.8, 4) is 6.01 Å². The van der Waals surface area contributed by atoms with Gasteiger partial charge in [-0.2, -0.15) is 10.9 Å². The summed E-state index contributed by atoms with van der Waals surface area (Å²) >= 11 is 0. The van der Waals surface area contributed by atoms with Gasteiger partial charge in [0.25, 0.3) is 11.9 Å². The van der Waals surface area contributed by atoms with Crippen molar-refractivity contribution in [2.75, 3.05) is 26.0 Å². The maximum Gasteiger partial charge on any atom is 0.344 e. The van der Waals surface area contributed by atoms with E-state index in [1.54, 1.807) is 29.8 Å². The van der Waals surface area contributed by atoms with Gasteiger partial charge in [0, 0.05) is 20.5 Å². The SMILES string of the molecule is C=C1C=C(C)C(Cn2c(OC3C=CC=C(O)C3)nc(NC)c2C(=O)N(C)CC(=O)ON)=CC1. The highest BCUT2D eigenvalue weighted by Crippen LogP contribution is 2.30. The minimum Gasteiger partial charge on any atom is -0.512 e. The summed E-state index contributed by atoms with van der Waals surface area (Å²) < 4.78 is 7.75. The maximum absolute atomic E-state index is 13.3. The van der Waals surface area contributed by atoms with E-state index in [0.717, 1.165) is 16.7 Å². The van der Waals surface area contributed by atoms with Crippen LogP contribution in [-0.4, -0.2) is 58.2 Å². The molecule has 0 fully saturated rings. The molecule has 1 aromatic heterocycles. The fourth-order valence-corrected chi connectivity index (χ4v) is 3.63. The predicted octanol–water partition coefficient (Wildman–Crippen LogP) is 2.40. The van der Waals surface area contributed by atoms with E-state index < -0.39 is 18.0 Å². The Hall–Kier alpha value is -3.79. The average molecular weight is 456 g/mol. The fourth-order valence-electron chi connectivity index (χ4n) is 3.63. The summed E-state index contributed by atoms with van der Waals surface area (Å²) in [5, 5.41) is 12.8. The lowest BCUT2D eigenvalue weighted by atomic mass is 9.96. The molecule has 1 amide bonds. The lowest BCUT2D eigenvalue weighted by molar-refractivity contribution is -0.144. The van der Waals surface area contributed by atoms with Gasteiger partial charge in [-0.1, -0.05) is 30.4 Å². The molecule has 1 unspecified atom stereocenters. The highest BCUT2D eigenvalue weighted by atomic mass is 16.7. The standard InChI is InChI=1S/C23H29N5O5/c1-14-8-9-16(15(2)10-14)12-28-20(22(31)27(4)13-19(30)33-24)21(25-3)26-23(28)32-18-7-5-6-17(29)11-18/h5-7,9-10,18,25,29H,1,8,11-13,24H2,2-4H3. The largest absolute Gasteiger partial charge is 0.512 e. The third kappa shape index (κ3) is 5.53. The molecular weight excluding hydrogens is 426 g/mol. The van der Waals surface area contributed by atoms with Crippen molar-refractivity contribution in [3.63, 3.8) is 0 Å². The first-order chi connectivity index (χ1) is 15.7. The minimum atomic E-state index is -0.749. The summed E-state index contributed by atoms with van der Waals surface area (Å²) in [7, 11) is 3.11. The normalized spacial score (nSPS) is 17.6.